The van der Waals surface area contributed by atoms with Crippen molar-refractivity contribution in [1.29, 1.82) is 0 Å². The normalized spacial score (nSPS) is 14.2. The number of cyclic esters (lactones) is 2. The molecule has 186 valence electrons. The van der Waals surface area contributed by atoms with Gasteiger partial charge in [-0.3, -0.25) is 0 Å². The number of hydrogen-bond acceptors (Lipinski definition) is 6. The van der Waals surface area contributed by atoms with Crippen molar-refractivity contribution in [2.75, 3.05) is 26.2 Å². The number of esters is 2. The molecule has 7 heteroatoms. The van der Waals surface area contributed by atoms with E-state index in [4.69, 9.17) is 13.9 Å². The first-order valence-corrected chi connectivity index (χ1v) is 12.4. The molecule has 0 unspecified atom stereocenters. The Labute approximate surface area is 209 Å². The number of nitrogens with zero attached hydrogens (tertiary/aromatic N) is 2. The van der Waals surface area contributed by atoms with Gasteiger partial charge in [0.2, 0.25) is 0 Å². The maximum absolute atomic E-state index is 13.0. The lowest BCUT2D eigenvalue weighted by atomic mass is 9.95. The Hall–Kier alpha value is -3.84. The summed E-state index contributed by atoms with van der Waals surface area (Å²) in [6, 6.07) is 13.4. The van der Waals surface area contributed by atoms with E-state index in [-0.39, 0.29) is 17.2 Å². The van der Waals surface area contributed by atoms with Crippen molar-refractivity contribution in [1.82, 2.24) is 9.47 Å². The van der Waals surface area contributed by atoms with E-state index in [9.17, 15) is 9.59 Å². The Morgan fingerprint density at radius 3 is 2.36 bits per heavy atom. The fourth-order valence-electron chi connectivity index (χ4n) is 4.89. The zero-order valence-electron chi connectivity index (χ0n) is 21.0. The van der Waals surface area contributed by atoms with Gasteiger partial charge in [0, 0.05) is 40.8 Å². The van der Waals surface area contributed by atoms with Crippen LogP contribution in [0.4, 0.5) is 0 Å². The van der Waals surface area contributed by atoms with E-state index in [0.29, 0.717) is 29.1 Å². The third-order valence-electron chi connectivity index (χ3n) is 6.82. The molecule has 0 N–H and O–H groups in total. The summed E-state index contributed by atoms with van der Waals surface area (Å²) >= 11 is 0. The Bertz CT molecular complexity index is 1490. The van der Waals surface area contributed by atoms with Crippen molar-refractivity contribution in [3.05, 3.63) is 66.1 Å². The topological polar surface area (TPSA) is 73.9 Å². The van der Waals surface area contributed by atoms with Crippen LogP contribution in [0.15, 0.2) is 59.3 Å². The monoisotopic (exact) mass is 486 g/mol. The van der Waals surface area contributed by atoms with Gasteiger partial charge in [0.15, 0.2) is 0 Å². The molecule has 0 amide bonds. The largest absolute Gasteiger partial charge is 0.491 e. The summed E-state index contributed by atoms with van der Waals surface area (Å²) in [5.41, 5.74) is 3.12. The maximum Gasteiger partial charge on any atom is 0.347 e. The number of carbonyl (C=O) groups excluding carboxylic acids is 2. The fourth-order valence-corrected chi connectivity index (χ4v) is 4.89. The second-order valence-electron chi connectivity index (χ2n) is 9.14. The Balaban J connectivity index is 1.62. The third-order valence-corrected chi connectivity index (χ3v) is 6.82. The average Bonchev–Trinajstić information content (AvgIpc) is 3.57. The molecule has 0 radical (unpaired) electrons. The van der Waals surface area contributed by atoms with Gasteiger partial charge in [-0.1, -0.05) is 32.0 Å². The Morgan fingerprint density at radius 1 is 0.917 bits per heavy atom. The van der Waals surface area contributed by atoms with Gasteiger partial charge in [-0.25, -0.2) is 9.59 Å². The number of carbonyl (C=O) groups is 2. The minimum Gasteiger partial charge on any atom is -0.491 e. The van der Waals surface area contributed by atoms with Crippen LogP contribution in [0.1, 0.15) is 44.9 Å². The van der Waals surface area contributed by atoms with E-state index in [1.54, 1.807) is 12.3 Å². The molecule has 36 heavy (non-hydrogen) atoms. The molecule has 0 saturated carbocycles. The van der Waals surface area contributed by atoms with Crippen LogP contribution >= 0.6 is 0 Å². The number of para-hydroxylation sites is 1. The molecular formula is C29H30N2O5. The van der Waals surface area contributed by atoms with Crippen molar-refractivity contribution in [3.63, 3.8) is 0 Å². The maximum atomic E-state index is 13.0. The molecule has 5 rings (SSSR count). The van der Waals surface area contributed by atoms with Crippen molar-refractivity contribution in [2.24, 2.45) is 0 Å². The van der Waals surface area contributed by atoms with Crippen LogP contribution in [0, 0.1) is 0 Å². The molecule has 0 spiro atoms. The summed E-state index contributed by atoms with van der Waals surface area (Å²) in [5, 5.41) is 1.63. The summed E-state index contributed by atoms with van der Waals surface area (Å²) < 4.78 is 19.1. The van der Waals surface area contributed by atoms with Crippen molar-refractivity contribution in [3.8, 4) is 5.75 Å². The van der Waals surface area contributed by atoms with Crippen LogP contribution in [0.2, 0.25) is 0 Å². The lowest BCUT2D eigenvalue weighted by molar-refractivity contribution is -0.149. The van der Waals surface area contributed by atoms with Gasteiger partial charge in [-0.2, -0.15) is 0 Å². The van der Waals surface area contributed by atoms with Crippen LogP contribution in [0.25, 0.3) is 33.0 Å². The number of rotatable bonds is 9. The molecule has 2 aromatic carbocycles. The predicted octanol–water partition coefficient (Wildman–Crippen LogP) is 5.68. The molecule has 1 aliphatic heterocycles. The molecule has 2 aromatic heterocycles. The Morgan fingerprint density at radius 2 is 1.64 bits per heavy atom. The number of ether oxygens (including phenoxy) is 2. The van der Waals surface area contributed by atoms with E-state index < -0.39 is 11.9 Å². The van der Waals surface area contributed by atoms with Gasteiger partial charge in [0.25, 0.3) is 0 Å². The molecule has 3 heterocycles. The van der Waals surface area contributed by atoms with Gasteiger partial charge in [-0.05, 0) is 51.2 Å². The summed E-state index contributed by atoms with van der Waals surface area (Å²) in [5.74, 6) is -0.656. The highest BCUT2D eigenvalue weighted by Gasteiger charge is 2.38. The standard InChI is InChI=1S/C29H30N2O5/c1-5-30(6-2)14-16-34-24-12-11-21(27-20(24)13-15-35-27)25-26(29(33)36-28(25)32)22-17-31(18(3)4)23-10-8-7-9-19(22)23/h7-13,15,17-18H,5-6,14,16H2,1-4H3. The molecule has 0 atom stereocenters. The molecule has 7 nitrogen and oxygen atoms in total. The highest BCUT2D eigenvalue weighted by atomic mass is 16.6. The number of furan rings is 1. The number of aromatic nitrogens is 1. The second kappa shape index (κ2) is 9.66. The van der Waals surface area contributed by atoms with Gasteiger partial charge >= 0.3 is 11.9 Å². The summed E-state index contributed by atoms with van der Waals surface area (Å²) in [7, 11) is 0. The summed E-state index contributed by atoms with van der Waals surface area (Å²) in [6.07, 6.45) is 3.49. The first-order valence-electron chi connectivity index (χ1n) is 12.4. The van der Waals surface area contributed by atoms with Crippen molar-refractivity contribution < 1.29 is 23.5 Å². The van der Waals surface area contributed by atoms with Crippen molar-refractivity contribution in [2.45, 2.75) is 33.7 Å². The van der Waals surface area contributed by atoms with Crippen LogP contribution in [0.5, 0.6) is 5.75 Å². The third kappa shape index (κ3) is 3.99. The summed E-state index contributed by atoms with van der Waals surface area (Å²) in [4.78, 5) is 28.3. The second-order valence-corrected chi connectivity index (χ2v) is 9.14. The van der Waals surface area contributed by atoms with E-state index in [0.717, 1.165) is 35.9 Å². The van der Waals surface area contributed by atoms with Crippen LogP contribution in [-0.2, 0) is 14.3 Å². The number of hydrogen-bond donors (Lipinski definition) is 0. The van der Waals surface area contributed by atoms with Gasteiger partial charge < -0.3 is 23.4 Å². The molecular weight excluding hydrogens is 456 g/mol. The number of benzene rings is 2. The molecule has 0 bridgehead atoms. The molecule has 0 aliphatic carbocycles. The van der Waals surface area contributed by atoms with E-state index in [1.807, 2.05) is 42.6 Å². The average molecular weight is 487 g/mol. The molecule has 1 aliphatic rings. The zero-order valence-corrected chi connectivity index (χ0v) is 21.0. The molecule has 0 saturated heterocycles. The summed E-state index contributed by atoms with van der Waals surface area (Å²) in [6.45, 7) is 11.7. The van der Waals surface area contributed by atoms with E-state index in [1.165, 1.54) is 0 Å². The first-order chi connectivity index (χ1) is 17.4. The fraction of sp³-hybridized carbons (Fsp3) is 0.310. The lowest BCUT2D eigenvalue weighted by Gasteiger charge is -2.18. The van der Waals surface area contributed by atoms with Crippen LogP contribution in [0.3, 0.4) is 0 Å². The smallest absolute Gasteiger partial charge is 0.347 e. The highest BCUT2D eigenvalue weighted by molar-refractivity contribution is 6.46. The van der Waals surface area contributed by atoms with E-state index >= 15 is 0 Å². The quantitative estimate of drug-likeness (QED) is 0.224. The molecule has 4 aromatic rings. The van der Waals surface area contributed by atoms with Crippen LogP contribution < -0.4 is 4.74 Å². The minimum absolute atomic E-state index is 0.172. The van der Waals surface area contributed by atoms with Gasteiger partial charge in [-0.15, -0.1) is 0 Å². The minimum atomic E-state index is -0.677. The van der Waals surface area contributed by atoms with Crippen molar-refractivity contribution >= 4 is 45.0 Å². The van der Waals surface area contributed by atoms with E-state index in [2.05, 4.69) is 37.2 Å². The predicted molar refractivity (Wildman–Crippen MR) is 140 cm³/mol. The number of fused-ring (bicyclic) bond motifs is 2. The van der Waals surface area contributed by atoms with Gasteiger partial charge in [0.1, 0.15) is 17.9 Å². The first kappa shape index (κ1) is 23.9. The zero-order chi connectivity index (χ0) is 25.4. The van der Waals surface area contributed by atoms with Gasteiger partial charge in [0.05, 0.1) is 22.8 Å². The lowest BCUT2D eigenvalue weighted by Crippen LogP contribution is -2.27. The number of likely N-dealkylation sites (N-methyl/N-ethyl adjacent to an activating group) is 1. The SMILES string of the molecule is CCN(CC)CCOc1ccc(C2=C(c3cn(C(C)C)c4ccccc34)C(=O)OC2=O)c2occc12. The molecule has 0 fully saturated rings. The highest BCUT2D eigenvalue weighted by Crippen LogP contribution is 2.42. The Kier molecular flexibility index (Phi) is 6.41. The van der Waals surface area contributed by atoms with Crippen LogP contribution in [-0.4, -0.2) is 47.6 Å².